The number of hydrogen-bond acceptors (Lipinski definition) is 5. The zero-order chi connectivity index (χ0) is 12.3. The SMILES string of the molecule is CC(CN)CCc1nc(-c2ccn(C)n2)no1. The van der Waals surface area contributed by atoms with Gasteiger partial charge in [-0.15, -0.1) is 0 Å². The molecule has 0 amide bonds. The fraction of sp³-hybridized carbons (Fsp3) is 0.545. The molecule has 6 nitrogen and oxygen atoms in total. The highest BCUT2D eigenvalue weighted by molar-refractivity contribution is 5.46. The largest absolute Gasteiger partial charge is 0.339 e. The Bertz CT molecular complexity index is 476. The van der Waals surface area contributed by atoms with Crippen LogP contribution < -0.4 is 5.73 Å². The van der Waals surface area contributed by atoms with Crippen LogP contribution in [0.5, 0.6) is 0 Å². The van der Waals surface area contributed by atoms with Gasteiger partial charge >= 0.3 is 0 Å². The lowest BCUT2D eigenvalue weighted by Crippen LogP contribution is -2.11. The van der Waals surface area contributed by atoms with Gasteiger partial charge in [0.05, 0.1) is 0 Å². The maximum Gasteiger partial charge on any atom is 0.227 e. The fourth-order valence-corrected chi connectivity index (χ4v) is 1.48. The van der Waals surface area contributed by atoms with Crippen LogP contribution in [0.2, 0.25) is 0 Å². The van der Waals surface area contributed by atoms with Crippen molar-refractivity contribution in [2.24, 2.45) is 18.7 Å². The van der Waals surface area contributed by atoms with Crippen molar-refractivity contribution in [1.29, 1.82) is 0 Å². The number of rotatable bonds is 5. The first-order valence-corrected chi connectivity index (χ1v) is 5.71. The number of aromatic nitrogens is 4. The normalized spacial score (nSPS) is 12.9. The molecule has 1 atom stereocenters. The van der Waals surface area contributed by atoms with Crippen molar-refractivity contribution in [1.82, 2.24) is 19.9 Å². The van der Waals surface area contributed by atoms with Crippen LogP contribution in [-0.2, 0) is 13.5 Å². The van der Waals surface area contributed by atoms with Crippen molar-refractivity contribution >= 4 is 0 Å². The van der Waals surface area contributed by atoms with Crippen LogP contribution in [0.4, 0.5) is 0 Å². The smallest absolute Gasteiger partial charge is 0.227 e. The van der Waals surface area contributed by atoms with E-state index in [1.807, 2.05) is 19.3 Å². The first-order chi connectivity index (χ1) is 8.19. The van der Waals surface area contributed by atoms with E-state index < -0.39 is 0 Å². The molecular weight excluding hydrogens is 218 g/mol. The van der Waals surface area contributed by atoms with E-state index in [1.165, 1.54) is 0 Å². The summed E-state index contributed by atoms with van der Waals surface area (Å²) >= 11 is 0. The van der Waals surface area contributed by atoms with Crippen LogP contribution in [0.3, 0.4) is 0 Å². The molecule has 0 aliphatic rings. The van der Waals surface area contributed by atoms with Crippen molar-refractivity contribution in [3.63, 3.8) is 0 Å². The molecule has 2 aromatic rings. The summed E-state index contributed by atoms with van der Waals surface area (Å²) in [6.45, 7) is 2.79. The summed E-state index contributed by atoms with van der Waals surface area (Å²) in [7, 11) is 1.85. The fourth-order valence-electron chi connectivity index (χ4n) is 1.48. The molecule has 0 spiro atoms. The van der Waals surface area contributed by atoms with Crippen molar-refractivity contribution in [3.05, 3.63) is 18.2 Å². The van der Waals surface area contributed by atoms with Gasteiger partial charge in [-0.1, -0.05) is 12.1 Å². The van der Waals surface area contributed by atoms with E-state index in [4.69, 9.17) is 10.3 Å². The minimum atomic E-state index is 0.472. The molecule has 1 unspecified atom stereocenters. The zero-order valence-electron chi connectivity index (χ0n) is 10.1. The highest BCUT2D eigenvalue weighted by atomic mass is 16.5. The third-order valence-corrected chi connectivity index (χ3v) is 2.66. The molecule has 0 bridgehead atoms. The zero-order valence-corrected chi connectivity index (χ0v) is 10.1. The third kappa shape index (κ3) is 2.91. The maximum atomic E-state index is 5.56. The molecule has 0 saturated heterocycles. The molecule has 0 aromatic carbocycles. The van der Waals surface area contributed by atoms with E-state index in [0.717, 1.165) is 18.5 Å². The maximum absolute atomic E-state index is 5.56. The Morgan fingerprint density at radius 1 is 1.53 bits per heavy atom. The van der Waals surface area contributed by atoms with E-state index in [9.17, 15) is 0 Å². The van der Waals surface area contributed by atoms with Gasteiger partial charge < -0.3 is 10.3 Å². The van der Waals surface area contributed by atoms with Crippen LogP contribution in [0, 0.1) is 5.92 Å². The summed E-state index contributed by atoms with van der Waals surface area (Å²) in [6.07, 6.45) is 3.57. The molecule has 6 heteroatoms. The summed E-state index contributed by atoms with van der Waals surface area (Å²) in [5.74, 6) is 1.66. The monoisotopic (exact) mass is 235 g/mol. The van der Waals surface area contributed by atoms with Gasteiger partial charge in [0, 0.05) is 19.7 Å². The second-order valence-corrected chi connectivity index (χ2v) is 4.27. The molecule has 17 heavy (non-hydrogen) atoms. The summed E-state index contributed by atoms with van der Waals surface area (Å²) in [4.78, 5) is 4.31. The van der Waals surface area contributed by atoms with Gasteiger partial charge in [0.25, 0.3) is 0 Å². The van der Waals surface area contributed by atoms with Gasteiger partial charge in [0.15, 0.2) is 0 Å². The lowest BCUT2D eigenvalue weighted by atomic mass is 10.1. The summed E-state index contributed by atoms with van der Waals surface area (Å²) in [5.41, 5.74) is 6.29. The first kappa shape index (κ1) is 11.8. The van der Waals surface area contributed by atoms with Gasteiger partial charge in [-0.3, -0.25) is 4.68 Å². The lowest BCUT2D eigenvalue weighted by Gasteiger charge is -2.03. The Morgan fingerprint density at radius 2 is 2.35 bits per heavy atom. The van der Waals surface area contributed by atoms with E-state index in [0.29, 0.717) is 24.2 Å². The minimum Gasteiger partial charge on any atom is -0.339 e. The van der Waals surface area contributed by atoms with Gasteiger partial charge in [0.2, 0.25) is 11.7 Å². The Balaban J connectivity index is 2.01. The van der Waals surface area contributed by atoms with E-state index in [1.54, 1.807) is 4.68 Å². The molecule has 0 aliphatic carbocycles. The topological polar surface area (TPSA) is 82.8 Å². The Hall–Kier alpha value is -1.69. The third-order valence-electron chi connectivity index (χ3n) is 2.66. The molecule has 0 fully saturated rings. The van der Waals surface area contributed by atoms with Crippen LogP contribution in [0.25, 0.3) is 11.5 Å². The quantitative estimate of drug-likeness (QED) is 0.835. The standard InChI is InChI=1S/C11H17N5O/c1-8(7-12)3-4-10-13-11(15-17-10)9-5-6-16(2)14-9/h5-6,8H,3-4,7,12H2,1-2H3. The van der Waals surface area contributed by atoms with Crippen molar-refractivity contribution < 1.29 is 4.52 Å². The van der Waals surface area contributed by atoms with Crippen molar-refractivity contribution in [2.45, 2.75) is 19.8 Å². The summed E-state index contributed by atoms with van der Waals surface area (Å²) in [5, 5.41) is 8.13. The number of nitrogens with zero attached hydrogens (tertiary/aromatic N) is 4. The van der Waals surface area contributed by atoms with Crippen LogP contribution in [0.1, 0.15) is 19.2 Å². The van der Waals surface area contributed by atoms with E-state index in [2.05, 4.69) is 22.2 Å². The van der Waals surface area contributed by atoms with Gasteiger partial charge in [-0.25, -0.2) is 0 Å². The lowest BCUT2D eigenvalue weighted by molar-refractivity contribution is 0.366. The first-order valence-electron chi connectivity index (χ1n) is 5.71. The van der Waals surface area contributed by atoms with Crippen LogP contribution >= 0.6 is 0 Å². The average molecular weight is 235 g/mol. The van der Waals surface area contributed by atoms with Gasteiger partial charge in [-0.2, -0.15) is 10.1 Å². The Morgan fingerprint density at radius 3 is 3.00 bits per heavy atom. The molecule has 92 valence electrons. The predicted molar refractivity (Wildman–Crippen MR) is 63.0 cm³/mol. The highest BCUT2D eigenvalue weighted by Crippen LogP contribution is 2.14. The van der Waals surface area contributed by atoms with Crippen LogP contribution in [-0.4, -0.2) is 26.5 Å². The molecule has 2 N–H and O–H groups in total. The molecular formula is C11H17N5O. The number of nitrogens with two attached hydrogens (primary N) is 1. The van der Waals surface area contributed by atoms with Crippen LogP contribution in [0.15, 0.2) is 16.8 Å². The van der Waals surface area contributed by atoms with Gasteiger partial charge in [-0.05, 0) is 24.9 Å². The Labute approximate surface area is 99.8 Å². The number of aryl methyl sites for hydroxylation is 2. The average Bonchev–Trinajstić information content (AvgIpc) is 2.94. The second-order valence-electron chi connectivity index (χ2n) is 4.27. The minimum absolute atomic E-state index is 0.472. The van der Waals surface area contributed by atoms with E-state index in [-0.39, 0.29) is 0 Å². The molecule has 0 radical (unpaired) electrons. The molecule has 2 rings (SSSR count). The molecule has 0 saturated carbocycles. The van der Waals surface area contributed by atoms with Gasteiger partial charge in [0.1, 0.15) is 5.69 Å². The van der Waals surface area contributed by atoms with E-state index >= 15 is 0 Å². The highest BCUT2D eigenvalue weighted by Gasteiger charge is 2.11. The Kier molecular flexibility index (Phi) is 3.53. The summed E-state index contributed by atoms with van der Waals surface area (Å²) in [6, 6.07) is 1.86. The molecule has 2 heterocycles. The van der Waals surface area contributed by atoms with Crippen molar-refractivity contribution in [3.8, 4) is 11.5 Å². The molecule has 2 aromatic heterocycles. The number of hydrogen-bond donors (Lipinski definition) is 1. The summed E-state index contributed by atoms with van der Waals surface area (Å²) < 4.78 is 6.88. The van der Waals surface area contributed by atoms with Crippen molar-refractivity contribution in [2.75, 3.05) is 6.54 Å². The second kappa shape index (κ2) is 5.09. The predicted octanol–water partition coefficient (Wildman–Crippen LogP) is 0.998. The molecule has 0 aliphatic heterocycles.